The van der Waals surface area contributed by atoms with Gasteiger partial charge in [-0.2, -0.15) is 9.78 Å². The van der Waals surface area contributed by atoms with Gasteiger partial charge in [0.05, 0.1) is 11.7 Å². The van der Waals surface area contributed by atoms with Crippen molar-refractivity contribution < 1.29 is 4.79 Å². The lowest BCUT2D eigenvalue weighted by Crippen LogP contribution is -2.06. The lowest BCUT2D eigenvalue weighted by atomic mass is 10.1. The minimum Gasteiger partial charge on any atom is -0.273 e. The molecule has 0 N–H and O–H groups in total. The van der Waals surface area contributed by atoms with Crippen LogP contribution in [0.1, 0.15) is 11.7 Å². The first-order valence-electron chi connectivity index (χ1n) is 5.14. The van der Waals surface area contributed by atoms with Gasteiger partial charge < -0.3 is 0 Å². The number of aromatic nitrogens is 2. The molecule has 1 heterocycles. The van der Waals surface area contributed by atoms with E-state index in [1.807, 2.05) is 36.4 Å². The highest BCUT2D eigenvalue weighted by molar-refractivity contribution is 6.08. The van der Waals surface area contributed by atoms with Gasteiger partial charge in [0, 0.05) is 17.7 Å². The fraction of sp³-hybridized carbons (Fsp3) is 0.0769. The molecule has 0 radical (unpaired) electrons. The molecular weight excluding hydrogens is 200 g/mol. The number of carbonyl (C=O) groups is 1. The first-order chi connectivity index (χ1) is 7.77. The van der Waals surface area contributed by atoms with Crippen molar-refractivity contribution >= 4 is 27.6 Å². The van der Waals surface area contributed by atoms with Gasteiger partial charge in [0.25, 0.3) is 0 Å². The van der Waals surface area contributed by atoms with E-state index in [4.69, 9.17) is 0 Å². The van der Waals surface area contributed by atoms with Gasteiger partial charge in [0.1, 0.15) is 0 Å². The van der Waals surface area contributed by atoms with Crippen molar-refractivity contribution in [2.75, 3.05) is 0 Å². The minimum absolute atomic E-state index is 0.0636. The van der Waals surface area contributed by atoms with Crippen LogP contribution < -0.4 is 0 Å². The summed E-state index contributed by atoms with van der Waals surface area (Å²) in [6.45, 7) is 1.52. The van der Waals surface area contributed by atoms with Crippen molar-refractivity contribution in [1.82, 2.24) is 9.78 Å². The number of carbonyl (C=O) groups excluding carboxylic acids is 1. The Labute approximate surface area is 92.3 Å². The molecule has 0 aliphatic carbocycles. The van der Waals surface area contributed by atoms with Gasteiger partial charge in [-0.05, 0) is 5.39 Å². The zero-order chi connectivity index (χ0) is 11.1. The summed E-state index contributed by atoms with van der Waals surface area (Å²) in [7, 11) is 0. The molecule has 16 heavy (non-hydrogen) atoms. The van der Waals surface area contributed by atoms with E-state index in [0.717, 1.165) is 21.7 Å². The van der Waals surface area contributed by atoms with Crippen LogP contribution in [0.4, 0.5) is 0 Å². The molecule has 3 nitrogen and oxygen atoms in total. The van der Waals surface area contributed by atoms with Crippen LogP contribution in [-0.2, 0) is 0 Å². The molecule has 0 aliphatic rings. The zero-order valence-corrected chi connectivity index (χ0v) is 8.84. The summed E-state index contributed by atoms with van der Waals surface area (Å²) in [5.41, 5.74) is 0.894. The van der Waals surface area contributed by atoms with Gasteiger partial charge in [-0.1, -0.05) is 36.4 Å². The lowest BCUT2D eigenvalue weighted by Gasteiger charge is -2.02. The van der Waals surface area contributed by atoms with Gasteiger partial charge in [0.15, 0.2) is 0 Å². The van der Waals surface area contributed by atoms with Gasteiger partial charge >= 0.3 is 0 Å². The molecule has 3 heteroatoms. The lowest BCUT2D eigenvalue weighted by molar-refractivity contribution is 0.0927. The Bertz CT molecular complexity index is 697. The second-order valence-corrected chi connectivity index (χ2v) is 3.80. The van der Waals surface area contributed by atoms with Crippen LogP contribution >= 0.6 is 0 Å². The maximum absolute atomic E-state index is 11.5. The van der Waals surface area contributed by atoms with Crippen molar-refractivity contribution in [3.05, 3.63) is 42.6 Å². The van der Waals surface area contributed by atoms with Crippen molar-refractivity contribution in [3.8, 4) is 0 Å². The van der Waals surface area contributed by atoms with E-state index in [-0.39, 0.29) is 5.91 Å². The first-order valence-corrected chi connectivity index (χ1v) is 5.14. The number of nitrogens with zero attached hydrogens (tertiary/aromatic N) is 2. The summed E-state index contributed by atoms with van der Waals surface area (Å²) in [5, 5.41) is 7.29. The molecule has 0 bridgehead atoms. The summed E-state index contributed by atoms with van der Waals surface area (Å²) in [5.74, 6) is -0.0636. The van der Waals surface area contributed by atoms with Crippen LogP contribution in [0.5, 0.6) is 0 Å². The van der Waals surface area contributed by atoms with E-state index < -0.39 is 0 Å². The Morgan fingerprint density at radius 1 is 1.12 bits per heavy atom. The van der Waals surface area contributed by atoms with E-state index in [9.17, 15) is 4.79 Å². The van der Waals surface area contributed by atoms with E-state index in [0.29, 0.717) is 0 Å². The standard InChI is InChI=1S/C13H10N2O/c1-9(16)15-13-11(8-14-15)7-6-10-4-2-3-5-12(10)13/h2-8H,1H3. The van der Waals surface area contributed by atoms with Gasteiger partial charge in [-0.3, -0.25) is 4.79 Å². The quantitative estimate of drug-likeness (QED) is 0.571. The van der Waals surface area contributed by atoms with Crippen molar-refractivity contribution in [2.24, 2.45) is 0 Å². The van der Waals surface area contributed by atoms with Gasteiger partial charge in [-0.25, -0.2) is 0 Å². The third-order valence-corrected chi connectivity index (χ3v) is 2.75. The molecule has 1 aromatic heterocycles. The fourth-order valence-electron chi connectivity index (χ4n) is 2.03. The summed E-state index contributed by atoms with van der Waals surface area (Å²) < 4.78 is 1.46. The van der Waals surface area contributed by atoms with E-state index in [1.165, 1.54) is 11.6 Å². The highest BCUT2D eigenvalue weighted by Gasteiger charge is 2.09. The van der Waals surface area contributed by atoms with Crippen molar-refractivity contribution in [3.63, 3.8) is 0 Å². The normalized spacial score (nSPS) is 11.1. The summed E-state index contributed by atoms with van der Waals surface area (Å²) in [6.07, 6.45) is 1.73. The topological polar surface area (TPSA) is 34.9 Å². The Kier molecular flexibility index (Phi) is 1.80. The maximum atomic E-state index is 11.5. The average molecular weight is 210 g/mol. The molecule has 0 aliphatic heterocycles. The van der Waals surface area contributed by atoms with Gasteiger partial charge in [-0.15, -0.1) is 0 Å². The molecule has 0 saturated carbocycles. The molecule has 0 fully saturated rings. The molecule has 3 rings (SSSR count). The zero-order valence-electron chi connectivity index (χ0n) is 8.84. The van der Waals surface area contributed by atoms with Crippen molar-refractivity contribution in [1.29, 1.82) is 0 Å². The molecule has 3 aromatic rings. The second kappa shape index (κ2) is 3.17. The third kappa shape index (κ3) is 1.15. The average Bonchev–Trinajstić information content (AvgIpc) is 2.73. The largest absolute Gasteiger partial charge is 0.273 e. The Morgan fingerprint density at radius 2 is 1.88 bits per heavy atom. The molecule has 0 atom stereocenters. The van der Waals surface area contributed by atoms with Crippen LogP contribution in [0.25, 0.3) is 21.7 Å². The SMILES string of the molecule is CC(=O)n1ncc2ccc3ccccc3c21. The number of fused-ring (bicyclic) bond motifs is 3. The molecule has 0 amide bonds. The number of hydrogen-bond acceptors (Lipinski definition) is 2. The molecular formula is C13H10N2O. The monoisotopic (exact) mass is 210 g/mol. The molecule has 2 aromatic carbocycles. The third-order valence-electron chi connectivity index (χ3n) is 2.75. The van der Waals surface area contributed by atoms with Crippen LogP contribution in [0.15, 0.2) is 42.6 Å². The van der Waals surface area contributed by atoms with Crippen LogP contribution in [-0.4, -0.2) is 15.7 Å². The Morgan fingerprint density at radius 3 is 2.69 bits per heavy atom. The first kappa shape index (κ1) is 9.09. The van der Waals surface area contributed by atoms with Crippen LogP contribution in [0.2, 0.25) is 0 Å². The predicted octanol–water partition coefficient (Wildman–Crippen LogP) is 2.85. The van der Waals surface area contributed by atoms with Crippen molar-refractivity contribution in [2.45, 2.75) is 6.92 Å². The van der Waals surface area contributed by atoms with E-state index in [1.54, 1.807) is 6.20 Å². The highest BCUT2D eigenvalue weighted by Crippen LogP contribution is 2.24. The number of benzene rings is 2. The maximum Gasteiger partial charge on any atom is 0.244 e. The van der Waals surface area contributed by atoms with E-state index in [2.05, 4.69) is 5.10 Å². The number of rotatable bonds is 0. The van der Waals surface area contributed by atoms with E-state index >= 15 is 0 Å². The highest BCUT2D eigenvalue weighted by atomic mass is 16.2. The molecule has 78 valence electrons. The minimum atomic E-state index is -0.0636. The molecule has 0 unspecified atom stereocenters. The predicted molar refractivity (Wildman–Crippen MR) is 63.5 cm³/mol. The summed E-state index contributed by atoms with van der Waals surface area (Å²) in [6, 6.07) is 12.0. The fourth-order valence-corrected chi connectivity index (χ4v) is 2.03. The Hall–Kier alpha value is -2.16. The second-order valence-electron chi connectivity index (χ2n) is 3.80. The summed E-state index contributed by atoms with van der Waals surface area (Å²) >= 11 is 0. The Balaban J connectivity index is 2.56. The van der Waals surface area contributed by atoms with Crippen LogP contribution in [0.3, 0.4) is 0 Å². The molecule has 0 saturated heterocycles. The number of hydrogen-bond donors (Lipinski definition) is 0. The molecule has 0 spiro atoms. The van der Waals surface area contributed by atoms with Crippen LogP contribution in [0, 0.1) is 0 Å². The smallest absolute Gasteiger partial charge is 0.244 e. The summed E-state index contributed by atoms with van der Waals surface area (Å²) in [4.78, 5) is 11.5. The van der Waals surface area contributed by atoms with Gasteiger partial charge in [0.2, 0.25) is 5.91 Å².